The monoisotopic (exact) mass is 340 g/mol. The normalized spacial score (nSPS) is 23.2. The molecule has 1 aromatic rings. The zero-order valence-electron chi connectivity index (χ0n) is 13.4. The Morgan fingerprint density at radius 2 is 1.96 bits per heavy atom. The molecule has 1 saturated heterocycles. The first kappa shape index (κ1) is 18.0. The average molecular weight is 341 g/mol. The summed E-state index contributed by atoms with van der Waals surface area (Å²) in [6, 6.07) is 8.26. The first-order valence-corrected chi connectivity index (χ1v) is 8.00. The number of ether oxygens (including phenoxy) is 2. The summed E-state index contributed by atoms with van der Waals surface area (Å²) in [5.41, 5.74) is 6.75. The van der Waals surface area contributed by atoms with Crippen LogP contribution in [0.5, 0.6) is 5.75 Å². The summed E-state index contributed by atoms with van der Waals surface area (Å²) in [4.78, 5) is 14.7. The van der Waals surface area contributed by atoms with Crippen LogP contribution in [0, 0.1) is 0 Å². The molecule has 23 heavy (non-hydrogen) atoms. The summed E-state index contributed by atoms with van der Waals surface area (Å²) in [5.74, 6) is 0.951. The van der Waals surface area contributed by atoms with E-state index in [0.717, 1.165) is 37.0 Å². The third-order valence-corrected chi connectivity index (χ3v) is 4.43. The van der Waals surface area contributed by atoms with Gasteiger partial charge in [0.1, 0.15) is 11.9 Å². The van der Waals surface area contributed by atoms with E-state index in [1.807, 2.05) is 29.2 Å². The van der Waals surface area contributed by atoms with Gasteiger partial charge in [0.2, 0.25) is 0 Å². The van der Waals surface area contributed by atoms with Crippen molar-refractivity contribution in [3.8, 4) is 5.75 Å². The zero-order chi connectivity index (χ0) is 15.5. The maximum atomic E-state index is 12.8. The van der Waals surface area contributed by atoms with E-state index in [-0.39, 0.29) is 30.5 Å². The van der Waals surface area contributed by atoms with Gasteiger partial charge in [-0.3, -0.25) is 4.79 Å². The lowest BCUT2D eigenvalue weighted by atomic mass is 10.1. The first-order chi connectivity index (χ1) is 10.7. The van der Waals surface area contributed by atoms with Crippen molar-refractivity contribution < 1.29 is 14.3 Å². The molecule has 1 aromatic carbocycles. The topological polar surface area (TPSA) is 64.8 Å². The molecule has 128 valence electrons. The minimum atomic E-state index is -0.313. The fourth-order valence-electron chi connectivity index (χ4n) is 2.95. The molecule has 0 spiro atoms. The van der Waals surface area contributed by atoms with Crippen molar-refractivity contribution in [1.82, 2.24) is 4.90 Å². The Morgan fingerprint density at radius 1 is 1.26 bits per heavy atom. The molecule has 6 heteroatoms. The van der Waals surface area contributed by atoms with Crippen molar-refractivity contribution >= 4 is 18.3 Å². The summed E-state index contributed by atoms with van der Waals surface area (Å²) < 4.78 is 10.9. The highest BCUT2D eigenvalue weighted by Crippen LogP contribution is 2.31. The number of methoxy groups -OCH3 is 1. The van der Waals surface area contributed by atoms with Crippen LogP contribution in [0.4, 0.5) is 0 Å². The standard InChI is InChI=1S/C17H24N2O3.ClH/c1-21-14-6-2-12(3-7-14)11-19(13-4-5-13)17(20)16-9-8-15(10-18)22-16;/h2-3,6-7,13,15-16H,4-5,8-11,18H2,1H3;1H/t15-,16+;/m1./s1. The van der Waals surface area contributed by atoms with E-state index in [0.29, 0.717) is 19.1 Å². The zero-order valence-corrected chi connectivity index (χ0v) is 14.3. The lowest BCUT2D eigenvalue weighted by Gasteiger charge is -2.26. The Kier molecular flexibility index (Phi) is 6.27. The van der Waals surface area contributed by atoms with Gasteiger partial charge in [-0.15, -0.1) is 12.4 Å². The van der Waals surface area contributed by atoms with Gasteiger partial charge in [0.15, 0.2) is 0 Å². The number of amides is 1. The number of nitrogens with two attached hydrogens (primary N) is 1. The van der Waals surface area contributed by atoms with Crippen LogP contribution in [0.15, 0.2) is 24.3 Å². The Hall–Kier alpha value is -1.30. The second-order valence-corrected chi connectivity index (χ2v) is 6.11. The smallest absolute Gasteiger partial charge is 0.252 e. The van der Waals surface area contributed by atoms with Gasteiger partial charge in [0.05, 0.1) is 13.2 Å². The van der Waals surface area contributed by atoms with E-state index < -0.39 is 0 Å². The van der Waals surface area contributed by atoms with Crippen LogP contribution in [-0.4, -0.2) is 42.7 Å². The van der Waals surface area contributed by atoms with Crippen LogP contribution in [0.2, 0.25) is 0 Å². The van der Waals surface area contributed by atoms with E-state index in [2.05, 4.69) is 0 Å². The van der Waals surface area contributed by atoms with E-state index >= 15 is 0 Å². The summed E-state index contributed by atoms with van der Waals surface area (Å²) in [5, 5.41) is 0. The van der Waals surface area contributed by atoms with Crippen molar-refractivity contribution in [3.05, 3.63) is 29.8 Å². The molecule has 2 atom stereocenters. The molecule has 0 radical (unpaired) electrons. The van der Waals surface area contributed by atoms with Crippen LogP contribution < -0.4 is 10.5 Å². The quantitative estimate of drug-likeness (QED) is 0.861. The molecule has 1 amide bonds. The Bertz CT molecular complexity index is 519. The maximum Gasteiger partial charge on any atom is 0.252 e. The van der Waals surface area contributed by atoms with Crippen LogP contribution in [0.1, 0.15) is 31.2 Å². The Morgan fingerprint density at radius 3 is 2.48 bits per heavy atom. The van der Waals surface area contributed by atoms with Crippen LogP contribution in [-0.2, 0) is 16.1 Å². The second-order valence-electron chi connectivity index (χ2n) is 6.11. The molecular formula is C17H25ClN2O3. The van der Waals surface area contributed by atoms with Gasteiger partial charge >= 0.3 is 0 Å². The molecule has 0 bridgehead atoms. The van der Waals surface area contributed by atoms with Crippen LogP contribution >= 0.6 is 12.4 Å². The third kappa shape index (κ3) is 4.37. The molecule has 0 unspecified atom stereocenters. The van der Waals surface area contributed by atoms with Gasteiger partial charge in [-0.05, 0) is 43.4 Å². The molecule has 1 heterocycles. The fraction of sp³-hybridized carbons (Fsp3) is 0.588. The average Bonchev–Trinajstić information content (AvgIpc) is 3.28. The largest absolute Gasteiger partial charge is 0.497 e. The summed E-state index contributed by atoms with van der Waals surface area (Å²) >= 11 is 0. The number of hydrogen-bond donors (Lipinski definition) is 1. The van der Waals surface area contributed by atoms with E-state index in [1.165, 1.54) is 0 Å². The fourth-order valence-corrected chi connectivity index (χ4v) is 2.95. The Labute approximate surface area is 143 Å². The number of nitrogens with zero attached hydrogens (tertiary/aromatic N) is 1. The predicted octanol–water partition coefficient (Wildman–Crippen LogP) is 2.11. The molecule has 1 aliphatic heterocycles. The first-order valence-electron chi connectivity index (χ1n) is 8.00. The number of rotatable bonds is 6. The number of carbonyl (C=O) groups is 1. The molecule has 0 aromatic heterocycles. The van der Waals surface area contributed by atoms with Crippen LogP contribution in [0.25, 0.3) is 0 Å². The van der Waals surface area contributed by atoms with Gasteiger partial charge in [0.25, 0.3) is 5.91 Å². The number of benzene rings is 1. The molecule has 1 saturated carbocycles. The number of hydrogen-bond acceptors (Lipinski definition) is 4. The van der Waals surface area contributed by atoms with Crippen molar-refractivity contribution in [1.29, 1.82) is 0 Å². The van der Waals surface area contributed by atoms with E-state index in [9.17, 15) is 4.79 Å². The molecule has 2 fully saturated rings. The maximum absolute atomic E-state index is 12.8. The van der Waals surface area contributed by atoms with Crippen molar-refractivity contribution in [2.45, 2.75) is 50.5 Å². The van der Waals surface area contributed by atoms with Crippen molar-refractivity contribution in [2.24, 2.45) is 5.73 Å². The predicted molar refractivity (Wildman–Crippen MR) is 90.8 cm³/mol. The summed E-state index contributed by atoms with van der Waals surface area (Å²) in [7, 11) is 1.65. The molecule has 3 rings (SSSR count). The molecular weight excluding hydrogens is 316 g/mol. The van der Waals surface area contributed by atoms with Crippen molar-refractivity contribution in [3.63, 3.8) is 0 Å². The highest BCUT2D eigenvalue weighted by molar-refractivity contribution is 5.85. The SMILES string of the molecule is COc1ccc(CN(C(=O)[C@@H]2CC[C@H](CN)O2)C2CC2)cc1.Cl. The van der Waals surface area contributed by atoms with Crippen molar-refractivity contribution in [2.75, 3.05) is 13.7 Å². The van der Waals surface area contributed by atoms with Gasteiger partial charge in [-0.2, -0.15) is 0 Å². The molecule has 5 nitrogen and oxygen atoms in total. The lowest BCUT2D eigenvalue weighted by molar-refractivity contribution is -0.144. The highest BCUT2D eigenvalue weighted by atomic mass is 35.5. The summed E-state index contributed by atoms with van der Waals surface area (Å²) in [6.07, 6.45) is 3.58. The number of carbonyl (C=O) groups excluding carboxylic acids is 1. The van der Waals surface area contributed by atoms with E-state index in [4.69, 9.17) is 15.2 Å². The summed E-state index contributed by atoms with van der Waals surface area (Å²) in [6.45, 7) is 1.13. The minimum Gasteiger partial charge on any atom is -0.497 e. The highest BCUT2D eigenvalue weighted by Gasteiger charge is 2.39. The lowest BCUT2D eigenvalue weighted by Crippen LogP contribution is -2.40. The van der Waals surface area contributed by atoms with Gasteiger partial charge in [0, 0.05) is 19.1 Å². The molecule has 2 aliphatic rings. The van der Waals surface area contributed by atoms with Crippen LogP contribution in [0.3, 0.4) is 0 Å². The minimum absolute atomic E-state index is 0. The van der Waals surface area contributed by atoms with Gasteiger partial charge in [-0.25, -0.2) is 0 Å². The van der Waals surface area contributed by atoms with Gasteiger partial charge < -0.3 is 20.1 Å². The Balaban J connectivity index is 0.00000192. The van der Waals surface area contributed by atoms with Gasteiger partial charge in [-0.1, -0.05) is 12.1 Å². The second kappa shape index (κ2) is 7.99. The molecule has 1 aliphatic carbocycles. The third-order valence-electron chi connectivity index (χ3n) is 4.43. The molecule has 2 N–H and O–H groups in total. The van der Waals surface area contributed by atoms with E-state index in [1.54, 1.807) is 7.11 Å². The number of halogens is 1.